The van der Waals surface area contributed by atoms with Crippen molar-refractivity contribution in [2.24, 2.45) is 5.41 Å². The van der Waals surface area contributed by atoms with Gasteiger partial charge in [0.2, 0.25) is 0 Å². The molecule has 1 heterocycles. The minimum atomic E-state index is -0.316. The summed E-state index contributed by atoms with van der Waals surface area (Å²) >= 11 is 0. The second-order valence-electron chi connectivity index (χ2n) is 6.25. The van der Waals surface area contributed by atoms with Crippen molar-refractivity contribution in [2.45, 2.75) is 39.7 Å². The molecule has 1 aromatic carbocycles. The molecule has 1 fully saturated rings. The molecule has 102 valence electrons. The highest BCUT2D eigenvalue weighted by Gasteiger charge is 2.23. The number of hydrogen-bond donors (Lipinski definition) is 0. The van der Waals surface area contributed by atoms with Gasteiger partial charge in [0, 0.05) is 6.54 Å². The van der Waals surface area contributed by atoms with E-state index in [2.05, 4.69) is 18.7 Å². The molecule has 1 aliphatic heterocycles. The SMILES string of the molecule is CC1(C)CCCN(Cc2cc(F)cc(C#N)c2)CC1. The van der Waals surface area contributed by atoms with Gasteiger partial charge in [0.1, 0.15) is 5.82 Å². The monoisotopic (exact) mass is 260 g/mol. The van der Waals surface area contributed by atoms with Gasteiger partial charge < -0.3 is 0 Å². The Bertz CT molecular complexity index is 488. The Balaban J connectivity index is 2.05. The molecule has 0 spiro atoms. The van der Waals surface area contributed by atoms with Crippen molar-refractivity contribution in [1.29, 1.82) is 5.26 Å². The number of nitriles is 1. The van der Waals surface area contributed by atoms with E-state index >= 15 is 0 Å². The molecule has 19 heavy (non-hydrogen) atoms. The highest BCUT2D eigenvalue weighted by atomic mass is 19.1. The van der Waals surface area contributed by atoms with Crippen molar-refractivity contribution in [3.8, 4) is 6.07 Å². The largest absolute Gasteiger partial charge is 0.299 e. The Labute approximate surface area is 114 Å². The fraction of sp³-hybridized carbons (Fsp3) is 0.562. The highest BCUT2D eigenvalue weighted by Crippen LogP contribution is 2.30. The molecule has 0 radical (unpaired) electrons. The molecule has 2 rings (SSSR count). The van der Waals surface area contributed by atoms with Crippen LogP contribution in [0, 0.1) is 22.6 Å². The Morgan fingerprint density at radius 2 is 2.05 bits per heavy atom. The van der Waals surface area contributed by atoms with Crippen LogP contribution in [0.15, 0.2) is 18.2 Å². The molecule has 2 nitrogen and oxygen atoms in total. The lowest BCUT2D eigenvalue weighted by Crippen LogP contribution is -2.25. The van der Waals surface area contributed by atoms with Gasteiger partial charge >= 0.3 is 0 Å². The smallest absolute Gasteiger partial charge is 0.124 e. The number of benzene rings is 1. The molecular weight excluding hydrogens is 239 g/mol. The van der Waals surface area contributed by atoms with Crippen LogP contribution in [0.3, 0.4) is 0 Å². The topological polar surface area (TPSA) is 27.0 Å². The van der Waals surface area contributed by atoms with E-state index < -0.39 is 0 Å². The van der Waals surface area contributed by atoms with Gasteiger partial charge in [-0.2, -0.15) is 5.26 Å². The van der Waals surface area contributed by atoms with Gasteiger partial charge in [-0.3, -0.25) is 4.90 Å². The number of likely N-dealkylation sites (tertiary alicyclic amines) is 1. The van der Waals surface area contributed by atoms with Crippen LogP contribution >= 0.6 is 0 Å². The second-order valence-corrected chi connectivity index (χ2v) is 6.25. The number of hydrogen-bond acceptors (Lipinski definition) is 2. The summed E-state index contributed by atoms with van der Waals surface area (Å²) in [5, 5.41) is 8.88. The average Bonchev–Trinajstić information content (AvgIpc) is 2.50. The van der Waals surface area contributed by atoms with Crippen molar-refractivity contribution < 1.29 is 4.39 Å². The first-order chi connectivity index (χ1) is 8.98. The molecular formula is C16H21FN2. The normalized spacial score (nSPS) is 19.7. The first-order valence-corrected chi connectivity index (χ1v) is 6.90. The van der Waals surface area contributed by atoms with E-state index in [-0.39, 0.29) is 5.82 Å². The fourth-order valence-electron chi connectivity index (χ4n) is 2.70. The van der Waals surface area contributed by atoms with E-state index in [4.69, 9.17) is 5.26 Å². The van der Waals surface area contributed by atoms with Gasteiger partial charge in [0.05, 0.1) is 11.6 Å². The maximum atomic E-state index is 13.4. The van der Waals surface area contributed by atoms with Crippen molar-refractivity contribution in [2.75, 3.05) is 13.1 Å². The molecule has 1 saturated heterocycles. The lowest BCUT2D eigenvalue weighted by atomic mass is 9.85. The standard InChI is InChI=1S/C16H21FN2/c1-16(2)4-3-6-19(7-5-16)12-14-8-13(11-18)9-15(17)10-14/h8-10H,3-7,12H2,1-2H3. The zero-order valence-corrected chi connectivity index (χ0v) is 11.7. The van der Waals surface area contributed by atoms with E-state index in [1.54, 1.807) is 6.07 Å². The van der Waals surface area contributed by atoms with E-state index in [0.717, 1.165) is 25.2 Å². The summed E-state index contributed by atoms with van der Waals surface area (Å²) in [5.74, 6) is -0.316. The van der Waals surface area contributed by atoms with E-state index in [0.29, 0.717) is 11.0 Å². The summed E-state index contributed by atoms with van der Waals surface area (Å²) < 4.78 is 13.4. The average molecular weight is 260 g/mol. The minimum absolute atomic E-state index is 0.316. The maximum absolute atomic E-state index is 13.4. The van der Waals surface area contributed by atoms with Gasteiger partial charge in [0.15, 0.2) is 0 Å². The summed E-state index contributed by atoms with van der Waals surface area (Å²) in [6.45, 7) is 7.47. The Kier molecular flexibility index (Phi) is 4.21. The van der Waals surface area contributed by atoms with Crippen LogP contribution in [0.25, 0.3) is 0 Å². The first-order valence-electron chi connectivity index (χ1n) is 6.90. The van der Waals surface area contributed by atoms with Crippen LogP contribution in [-0.2, 0) is 6.54 Å². The van der Waals surface area contributed by atoms with E-state index in [9.17, 15) is 4.39 Å². The van der Waals surface area contributed by atoms with E-state index in [1.165, 1.54) is 31.4 Å². The van der Waals surface area contributed by atoms with Crippen molar-refractivity contribution >= 4 is 0 Å². The lowest BCUT2D eigenvalue weighted by Gasteiger charge is -2.23. The van der Waals surface area contributed by atoms with Crippen LogP contribution < -0.4 is 0 Å². The van der Waals surface area contributed by atoms with Crippen LogP contribution in [0.4, 0.5) is 4.39 Å². The molecule has 1 aromatic rings. The zero-order chi connectivity index (χ0) is 13.9. The quantitative estimate of drug-likeness (QED) is 0.810. The van der Waals surface area contributed by atoms with Crippen LogP contribution in [0.2, 0.25) is 0 Å². The van der Waals surface area contributed by atoms with E-state index in [1.807, 2.05) is 6.07 Å². The Hall–Kier alpha value is -1.40. The Morgan fingerprint density at radius 3 is 2.79 bits per heavy atom. The summed E-state index contributed by atoms with van der Waals surface area (Å²) in [6.07, 6.45) is 3.61. The van der Waals surface area contributed by atoms with Gasteiger partial charge in [-0.15, -0.1) is 0 Å². The third kappa shape index (κ3) is 4.04. The minimum Gasteiger partial charge on any atom is -0.299 e. The summed E-state index contributed by atoms with van der Waals surface area (Å²) in [7, 11) is 0. The lowest BCUT2D eigenvalue weighted by molar-refractivity contribution is 0.255. The molecule has 3 heteroatoms. The molecule has 1 aliphatic rings. The van der Waals surface area contributed by atoms with Crippen molar-refractivity contribution in [1.82, 2.24) is 4.90 Å². The van der Waals surface area contributed by atoms with Gasteiger partial charge in [-0.25, -0.2) is 4.39 Å². The van der Waals surface area contributed by atoms with Crippen LogP contribution in [0.1, 0.15) is 44.2 Å². The molecule has 0 atom stereocenters. The molecule has 0 aliphatic carbocycles. The van der Waals surface area contributed by atoms with Crippen molar-refractivity contribution in [3.05, 3.63) is 35.1 Å². The summed E-state index contributed by atoms with van der Waals surface area (Å²) in [5.41, 5.74) is 1.72. The summed E-state index contributed by atoms with van der Waals surface area (Å²) in [6, 6.07) is 6.63. The molecule has 0 N–H and O–H groups in total. The molecule has 0 unspecified atom stereocenters. The third-order valence-electron chi connectivity index (χ3n) is 3.93. The van der Waals surface area contributed by atoms with Gasteiger partial charge in [-0.05, 0) is 61.5 Å². The number of rotatable bonds is 2. The third-order valence-corrected chi connectivity index (χ3v) is 3.93. The molecule has 0 aromatic heterocycles. The summed E-state index contributed by atoms with van der Waals surface area (Å²) in [4.78, 5) is 2.37. The molecule has 0 bridgehead atoms. The molecule has 0 saturated carbocycles. The van der Waals surface area contributed by atoms with Gasteiger partial charge in [-0.1, -0.05) is 13.8 Å². The second kappa shape index (κ2) is 5.71. The Morgan fingerprint density at radius 1 is 1.26 bits per heavy atom. The van der Waals surface area contributed by atoms with Crippen molar-refractivity contribution in [3.63, 3.8) is 0 Å². The highest BCUT2D eigenvalue weighted by molar-refractivity contribution is 5.33. The van der Waals surface area contributed by atoms with Crippen LogP contribution in [-0.4, -0.2) is 18.0 Å². The number of nitrogens with zero attached hydrogens (tertiary/aromatic N) is 2. The first kappa shape index (κ1) is 14.0. The fourth-order valence-corrected chi connectivity index (χ4v) is 2.70. The molecule has 0 amide bonds. The maximum Gasteiger partial charge on any atom is 0.124 e. The predicted octanol–water partition coefficient (Wildman–Crippen LogP) is 3.71. The van der Waals surface area contributed by atoms with Crippen LogP contribution in [0.5, 0.6) is 0 Å². The van der Waals surface area contributed by atoms with Gasteiger partial charge in [0.25, 0.3) is 0 Å². The number of halogens is 1. The zero-order valence-electron chi connectivity index (χ0n) is 11.7. The predicted molar refractivity (Wildman–Crippen MR) is 74.0 cm³/mol.